The number of hydrogen-bond donors (Lipinski definition) is 0. The lowest BCUT2D eigenvalue weighted by Gasteiger charge is -2.03. The van der Waals surface area contributed by atoms with Gasteiger partial charge in [-0.3, -0.25) is 4.79 Å². The summed E-state index contributed by atoms with van der Waals surface area (Å²) in [6.45, 7) is 0. The van der Waals surface area contributed by atoms with Gasteiger partial charge in [0.15, 0.2) is 5.78 Å². The van der Waals surface area contributed by atoms with Crippen LogP contribution in [0.15, 0.2) is 40.2 Å². The molecule has 0 unspecified atom stereocenters. The quantitative estimate of drug-likeness (QED) is 0.540. The molecule has 0 fully saturated rings. The normalized spacial score (nSPS) is 10.4. The van der Waals surface area contributed by atoms with Gasteiger partial charge in [0, 0.05) is 24.9 Å². The maximum atomic E-state index is 12.1. The van der Waals surface area contributed by atoms with E-state index in [9.17, 15) is 4.79 Å². The van der Waals surface area contributed by atoms with Crippen LogP contribution in [0, 0.1) is 3.57 Å². The molecule has 0 bridgehead atoms. The molecular weight excluding hydrogens is 399 g/mol. The Balaban J connectivity index is 2.24. The molecule has 0 aliphatic rings. The molecule has 0 atom stereocenters. The van der Waals surface area contributed by atoms with Crippen molar-refractivity contribution < 1.29 is 4.79 Å². The Bertz CT molecular complexity index is 508. The summed E-state index contributed by atoms with van der Waals surface area (Å²) in [5, 5.41) is 1.99. The van der Waals surface area contributed by atoms with Crippen molar-refractivity contribution in [2.24, 2.45) is 0 Å². The average Bonchev–Trinajstić information content (AvgIpc) is 2.74. The Hall–Kier alpha value is -0.200. The molecule has 0 spiro atoms. The summed E-state index contributed by atoms with van der Waals surface area (Å²) in [6.07, 6.45) is 0.490. The summed E-state index contributed by atoms with van der Waals surface area (Å²) in [5.41, 5.74) is 0.795. The third-order valence-electron chi connectivity index (χ3n) is 2.14. The predicted octanol–water partition coefficient (Wildman–Crippen LogP) is 4.54. The van der Waals surface area contributed by atoms with Gasteiger partial charge in [-0.25, -0.2) is 0 Å². The molecule has 16 heavy (non-hydrogen) atoms. The van der Waals surface area contributed by atoms with Crippen LogP contribution in [0.1, 0.15) is 15.2 Å². The van der Waals surface area contributed by atoms with Crippen LogP contribution in [0.25, 0.3) is 0 Å². The number of carbonyl (C=O) groups is 1. The monoisotopic (exact) mass is 406 g/mol. The van der Waals surface area contributed by atoms with E-state index in [-0.39, 0.29) is 5.78 Å². The highest BCUT2D eigenvalue weighted by Crippen LogP contribution is 2.21. The molecular formula is C12H8BrIOS. The van der Waals surface area contributed by atoms with Crippen LogP contribution >= 0.6 is 49.9 Å². The van der Waals surface area contributed by atoms with E-state index in [0.29, 0.717) is 6.42 Å². The van der Waals surface area contributed by atoms with Crippen molar-refractivity contribution >= 4 is 55.6 Å². The molecule has 1 aromatic carbocycles. The van der Waals surface area contributed by atoms with Gasteiger partial charge in [-0.1, -0.05) is 22.0 Å². The zero-order valence-electron chi connectivity index (χ0n) is 8.24. The van der Waals surface area contributed by atoms with Gasteiger partial charge in [-0.2, -0.15) is 0 Å². The first-order chi connectivity index (χ1) is 7.66. The van der Waals surface area contributed by atoms with Gasteiger partial charge >= 0.3 is 0 Å². The maximum absolute atomic E-state index is 12.1. The molecule has 1 nitrogen and oxygen atoms in total. The van der Waals surface area contributed by atoms with Crippen LogP contribution < -0.4 is 0 Å². The van der Waals surface area contributed by atoms with Crippen LogP contribution in [0.4, 0.5) is 0 Å². The van der Waals surface area contributed by atoms with Crippen molar-refractivity contribution in [2.45, 2.75) is 6.42 Å². The minimum Gasteiger partial charge on any atom is -0.294 e. The third-order valence-corrected chi connectivity index (χ3v) is 4.45. The van der Waals surface area contributed by atoms with Crippen molar-refractivity contribution in [1.82, 2.24) is 0 Å². The number of carbonyl (C=O) groups excluding carboxylic acids is 1. The molecule has 4 heteroatoms. The van der Waals surface area contributed by atoms with E-state index in [1.54, 1.807) is 11.3 Å². The molecule has 82 valence electrons. The molecule has 2 rings (SSSR count). The third kappa shape index (κ3) is 2.93. The fraction of sp³-hybridized carbons (Fsp3) is 0.0833. The van der Waals surface area contributed by atoms with Gasteiger partial charge < -0.3 is 0 Å². The molecule has 0 N–H and O–H groups in total. The average molecular weight is 407 g/mol. The lowest BCUT2D eigenvalue weighted by molar-refractivity contribution is 0.0993. The van der Waals surface area contributed by atoms with Crippen LogP contribution in [-0.4, -0.2) is 5.78 Å². The van der Waals surface area contributed by atoms with Crippen LogP contribution in [-0.2, 0) is 6.42 Å². The molecule has 0 saturated carbocycles. The Labute approximate surface area is 120 Å². The van der Waals surface area contributed by atoms with Gasteiger partial charge in [-0.05, 0) is 52.2 Å². The first-order valence-electron chi connectivity index (χ1n) is 4.67. The van der Waals surface area contributed by atoms with Gasteiger partial charge in [0.1, 0.15) is 0 Å². The summed E-state index contributed by atoms with van der Waals surface area (Å²) < 4.78 is 1.95. The molecule has 2 aromatic rings. The topological polar surface area (TPSA) is 17.1 Å². The molecule has 0 aliphatic carbocycles. The van der Waals surface area contributed by atoms with Gasteiger partial charge in [0.25, 0.3) is 0 Å². The number of ketones is 1. The Kier molecular flexibility index (Phi) is 4.16. The summed E-state index contributed by atoms with van der Waals surface area (Å²) in [5.74, 6) is 0.174. The van der Waals surface area contributed by atoms with E-state index in [1.165, 1.54) is 0 Å². The van der Waals surface area contributed by atoms with Crippen LogP contribution in [0.5, 0.6) is 0 Å². The number of hydrogen-bond acceptors (Lipinski definition) is 2. The standard InChI is InChI=1S/C12H8BrIOS/c13-8-3-4-11(14)10(6-8)12(15)7-9-2-1-5-16-9/h1-6H,7H2. The summed E-state index contributed by atoms with van der Waals surface area (Å²) in [6, 6.07) is 9.75. The minimum absolute atomic E-state index is 0.174. The zero-order valence-corrected chi connectivity index (χ0v) is 12.8. The Morgan fingerprint density at radius 3 is 2.88 bits per heavy atom. The highest BCUT2D eigenvalue weighted by Gasteiger charge is 2.11. The summed E-state index contributed by atoms with van der Waals surface area (Å²) >= 11 is 7.21. The maximum Gasteiger partial charge on any atom is 0.169 e. The number of thiophene rings is 1. The van der Waals surface area contributed by atoms with Gasteiger partial charge in [0.05, 0.1) is 0 Å². The first-order valence-corrected chi connectivity index (χ1v) is 7.42. The number of Topliss-reactive ketones (excluding diaryl/α,β-unsaturated/α-hetero) is 1. The molecule has 0 saturated heterocycles. The number of benzene rings is 1. The van der Waals surface area contributed by atoms with Crippen molar-refractivity contribution in [1.29, 1.82) is 0 Å². The lowest BCUT2D eigenvalue weighted by Crippen LogP contribution is -2.04. The smallest absolute Gasteiger partial charge is 0.169 e. The van der Waals surface area contributed by atoms with Crippen molar-refractivity contribution in [2.75, 3.05) is 0 Å². The van der Waals surface area contributed by atoms with Crippen LogP contribution in [0.3, 0.4) is 0 Å². The second-order valence-electron chi connectivity index (χ2n) is 3.30. The molecule has 0 radical (unpaired) electrons. The minimum atomic E-state index is 0.174. The molecule has 0 aliphatic heterocycles. The van der Waals surface area contributed by atoms with Crippen molar-refractivity contribution in [3.8, 4) is 0 Å². The highest BCUT2D eigenvalue weighted by atomic mass is 127. The summed E-state index contributed by atoms with van der Waals surface area (Å²) in [4.78, 5) is 13.2. The van der Waals surface area contributed by atoms with Crippen molar-refractivity contribution in [3.63, 3.8) is 0 Å². The van der Waals surface area contributed by atoms with Gasteiger partial charge in [0.2, 0.25) is 0 Å². The predicted molar refractivity (Wildman–Crippen MR) is 79.2 cm³/mol. The first kappa shape index (κ1) is 12.3. The van der Waals surface area contributed by atoms with E-state index in [0.717, 1.165) is 18.5 Å². The van der Waals surface area contributed by atoms with Crippen LogP contribution in [0.2, 0.25) is 0 Å². The summed E-state index contributed by atoms with van der Waals surface area (Å²) in [7, 11) is 0. The highest BCUT2D eigenvalue weighted by molar-refractivity contribution is 14.1. The largest absolute Gasteiger partial charge is 0.294 e. The fourth-order valence-corrected chi connectivity index (χ4v) is 3.08. The molecule has 1 heterocycles. The van der Waals surface area contributed by atoms with Crippen molar-refractivity contribution in [3.05, 3.63) is 54.2 Å². The Morgan fingerprint density at radius 1 is 1.38 bits per heavy atom. The van der Waals surface area contributed by atoms with E-state index >= 15 is 0 Å². The SMILES string of the molecule is O=C(Cc1cccs1)c1cc(Br)ccc1I. The van der Waals surface area contributed by atoms with E-state index in [1.807, 2.05) is 35.7 Å². The number of rotatable bonds is 3. The Morgan fingerprint density at radius 2 is 2.19 bits per heavy atom. The van der Waals surface area contributed by atoms with Gasteiger partial charge in [-0.15, -0.1) is 11.3 Å². The zero-order chi connectivity index (χ0) is 11.5. The second kappa shape index (κ2) is 5.42. The molecule has 0 amide bonds. The van der Waals surface area contributed by atoms with E-state index in [4.69, 9.17) is 0 Å². The molecule has 1 aromatic heterocycles. The van der Waals surface area contributed by atoms with E-state index in [2.05, 4.69) is 38.5 Å². The van der Waals surface area contributed by atoms with E-state index < -0.39 is 0 Å². The lowest BCUT2D eigenvalue weighted by atomic mass is 10.1. The fourth-order valence-electron chi connectivity index (χ4n) is 1.38. The number of halogens is 2. The second-order valence-corrected chi connectivity index (χ2v) is 6.41.